The van der Waals surface area contributed by atoms with Crippen LogP contribution in [0.2, 0.25) is 0 Å². The average Bonchev–Trinajstić information content (AvgIpc) is 3.47. The largest absolute Gasteiger partial charge is 0.497 e. The SMILES string of the molecule is COc1ccc(-c2cc(C(=O)N[C@H](C)[C@@H]3C[C@@H]4CC[C@@H]3C4)c3ccccc3n2)c(OC)c1. The van der Waals surface area contributed by atoms with Crippen molar-refractivity contribution in [2.75, 3.05) is 14.2 Å². The molecule has 2 fully saturated rings. The molecule has 0 radical (unpaired) electrons. The zero-order chi connectivity index (χ0) is 22.2. The molecule has 5 nitrogen and oxygen atoms in total. The van der Waals surface area contributed by atoms with E-state index in [9.17, 15) is 4.79 Å². The lowest BCUT2D eigenvalue weighted by atomic mass is 9.84. The van der Waals surface area contributed by atoms with Gasteiger partial charge in [-0.25, -0.2) is 4.98 Å². The summed E-state index contributed by atoms with van der Waals surface area (Å²) in [6.45, 7) is 2.17. The van der Waals surface area contributed by atoms with Gasteiger partial charge in [-0.2, -0.15) is 0 Å². The minimum Gasteiger partial charge on any atom is -0.497 e. The highest BCUT2D eigenvalue weighted by molar-refractivity contribution is 6.07. The number of aromatic nitrogens is 1. The van der Waals surface area contributed by atoms with Crippen molar-refractivity contribution in [3.63, 3.8) is 0 Å². The van der Waals surface area contributed by atoms with E-state index in [0.717, 1.165) is 28.3 Å². The van der Waals surface area contributed by atoms with Crippen LogP contribution in [0.3, 0.4) is 0 Å². The van der Waals surface area contributed by atoms with E-state index >= 15 is 0 Å². The molecule has 166 valence electrons. The quantitative estimate of drug-likeness (QED) is 0.563. The number of hydrogen-bond acceptors (Lipinski definition) is 4. The molecule has 2 aromatic carbocycles. The number of pyridine rings is 1. The maximum absolute atomic E-state index is 13.5. The lowest BCUT2D eigenvalue weighted by Crippen LogP contribution is -2.40. The van der Waals surface area contributed by atoms with Crippen LogP contribution in [0.4, 0.5) is 0 Å². The molecule has 1 amide bonds. The fraction of sp³-hybridized carbons (Fsp3) is 0.407. The molecular formula is C27H30N2O3. The Morgan fingerprint density at radius 1 is 1.06 bits per heavy atom. The Morgan fingerprint density at radius 3 is 2.62 bits per heavy atom. The first-order valence-electron chi connectivity index (χ1n) is 11.5. The van der Waals surface area contributed by atoms with E-state index in [-0.39, 0.29) is 11.9 Å². The van der Waals surface area contributed by atoms with Gasteiger partial charge in [0.2, 0.25) is 0 Å². The van der Waals surface area contributed by atoms with Gasteiger partial charge in [0.05, 0.1) is 31.0 Å². The fourth-order valence-corrected chi connectivity index (χ4v) is 5.81. The number of carbonyl (C=O) groups is 1. The summed E-state index contributed by atoms with van der Waals surface area (Å²) < 4.78 is 10.9. The molecular weight excluding hydrogens is 400 g/mol. The van der Waals surface area contributed by atoms with Crippen LogP contribution in [0.15, 0.2) is 48.5 Å². The molecule has 0 unspecified atom stereocenters. The van der Waals surface area contributed by atoms with Gasteiger partial charge >= 0.3 is 0 Å². The third kappa shape index (κ3) is 3.70. The molecule has 5 rings (SSSR count). The summed E-state index contributed by atoms with van der Waals surface area (Å²) in [5, 5.41) is 4.19. The van der Waals surface area contributed by atoms with Crippen molar-refractivity contribution in [3.05, 3.63) is 54.1 Å². The van der Waals surface area contributed by atoms with Gasteiger partial charge in [-0.05, 0) is 68.2 Å². The Bertz CT molecular complexity index is 1160. The molecule has 1 aromatic heterocycles. The predicted molar refractivity (Wildman–Crippen MR) is 126 cm³/mol. The molecule has 0 saturated heterocycles. The molecule has 2 aliphatic rings. The van der Waals surface area contributed by atoms with Crippen LogP contribution in [0.1, 0.15) is 43.0 Å². The molecule has 5 heteroatoms. The number of rotatable bonds is 6. The van der Waals surface area contributed by atoms with Gasteiger partial charge in [-0.3, -0.25) is 4.79 Å². The lowest BCUT2D eigenvalue weighted by molar-refractivity contribution is 0.0917. The zero-order valence-corrected chi connectivity index (χ0v) is 18.9. The third-order valence-corrected chi connectivity index (χ3v) is 7.44. The van der Waals surface area contributed by atoms with Gasteiger partial charge in [0.1, 0.15) is 11.5 Å². The summed E-state index contributed by atoms with van der Waals surface area (Å²) in [5.74, 6) is 3.56. The lowest BCUT2D eigenvalue weighted by Gasteiger charge is -2.28. The first-order chi connectivity index (χ1) is 15.6. The molecule has 1 N–H and O–H groups in total. The topological polar surface area (TPSA) is 60.5 Å². The van der Waals surface area contributed by atoms with Crippen molar-refractivity contribution < 1.29 is 14.3 Å². The van der Waals surface area contributed by atoms with E-state index < -0.39 is 0 Å². The van der Waals surface area contributed by atoms with Crippen LogP contribution in [-0.2, 0) is 0 Å². The number of hydrogen-bond donors (Lipinski definition) is 1. The Hall–Kier alpha value is -3.08. The van der Waals surface area contributed by atoms with Crippen molar-refractivity contribution in [3.8, 4) is 22.8 Å². The minimum atomic E-state index is -0.0346. The Kier molecular flexibility index (Phi) is 5.50. The number of amides is 1. The summed E-state index contributed by atoms with van der Waals surface area (Å²) in [4.78, 5) is 18.3. The van der Waals surface area contributed by atoms with E-state index in [0.29, 0.717) is 28.7 Å². The van der Waals surface area contributed by atoms with E-state index in [1.54, 1.807) is 14.2 Å². The van der Waals surface area contributed by atoms with Crippen LogP contribution >= 0.6 is 0 Å². The van der Waals surface area contributed by atoms with Crippen molar-refractivity contribution in [2.45, 2.75) is 38.6 Å². The van der Waals surface area contributed by atoms with Crippen molar-refractivity contribution >= 4 is 16.8 Å². The van der Waals surface area contributed by atoms with Crippen molar-refractivity contribution in [2.24, 2.45) is 17.8 Å². The molecule has 0 aliphatic heterocycles. The number of fused-ring (bicyclic) bond motifs is 3. The van der Waals surface area contributed by atoms with Gasteiger partial charge in [0.25, 0.3) is 5.91 Å². The van der Waals surface area contributed by atoms with Gasteiger partial charge in [-0.1, -0.05) is 24.6 Å². The highest BCUT2D eigenvalue weighted by Crippen LogP contribution is 2.49. The molecule has 2 bridgehead atoms. The summed E-state index contributed by atoms with van der Waals surface area (Å²) >= 11 is 0. The van der Waals surface area contributed by atoms with Crippen LogP contribution in [0.5, 0.6) is 11.5 Å². The number of methoxy groups -OCH3 is 2. The minimum absolute atomic E-state index is 0.0346. The number of nitrogens with zero attached hydrogens (tertiary/aromatic N) is 1. The first kappa shape index (κ1) is 20.8. The number of ether oxygens (including phenoxy) is 2. The highest BCUT2D eigenvalue weighted by Gasteiger charge is 2.42. The van der Waals surface area contributed by atoms with Crippen LogP contribution in [0.25, 0.3) is 22.2 Å². The van der Waals surface area contributed by atoms with Crippen LogP contribution < -0.4 is 14.8 Å². The second-order valence-electron chi connectivity index (χ2n) is 9.24. The number of nitrogens with one attached hydrogen (secondary N) is 1. The summed E-state index contributed by atoms with van der Waals surface area (Å²) in [6, 6.07) is 15.5. The predicted octanol–water partition coefficient (Wildman–Crippen LogP) is 5.47. The highest BCUT2D eigenvalue weighted by atomic mass is 16.5. The van der Waals surface area contributed by atoms with Crippen molar-refractivity contribution in [1.29, 1.82) is 0 Å². The maximum atomic E-state index is 13.5. The Morgan fingerprint density at radius 2 is 1.91 bits per heavy atom. The van der Waals surface area contributed by atoms with E-state index in [1.165, 1.54) is 25.7 Å². The number of para-hydroxylation sites is 1. The van der Waals surface area contributed by atoms with Gasteiger partial charge < -0.3 is 14.8 Å². The Balaban J connectivity index is 1.51. The average molecular weight is 431 g/mol. The van der Waals surface area contributed by atoms with E-state index in [4.69, 9.17) is 14.5 Å². The third-order valence-electron chi connectivity index (χ3n) is 7.44. The standard InChI is InChI=1S/C27H30N2O3/c1-16(22-13-17-8-9-18(22)12-17)28-27(30)23-15-25(29-24-7-5-4-6-20(23)24)21-11-10-19(31-2)14-26(21)32-3/h4-7,10-11,14-18,22H,8-9,12-13H2,1-3H3,(H,28,30)/t16-,17-,18-,22+/m1/s1. The molecule has 1 heterocycles. The molecule has 3 aromatic rings. The van der Waals surface area contributed by atoms with Crippen LogP contribution in [0, 0.1) is 17.8 Å². The fourth-order valence-electron chi connectivity index (χ4n) is 5.81. The molecule has 4 atom stereocenters. The monoisotopic (exact) mass is 430 g/mol. The molecule has 32 heavy (non-hydrogen) atoms. The first-order valence-corrected chi connectivity index (χ1v) is 11.5. The maximum Gasteiger partial charge on any atom is 0.252 e. The molecule has 2 saturated carbocycles. The van der Waals surface area contributed by atoms with E-state index in [2.05, 4.69) is 12.2 Å². The number of carbonyl (C=O) groups excluding carboxylic acids is 1. The van der Waals surface area contributed by atoms with Gasteiger partial charge in [-0.15, -0.1) is 0 Å². The van der Waals surface area contributed by atoms with Gasteiger partial charge in [0, 0.05) is 23.1 Å². The summed E-state index contributed by atoms with van der Waals surface area (Å²) in [6.07, 6.45) is 5.26. The molecule has 2 aliphatic carbocycles. The second-order valence-corrected chi connectivity index (χ2v) is 9.24. The van der Waals surface area contributed by atoms with Gasteiger partial charge in [0.15, 0.2) is 0 Å². The summed E-state index contributed by atoms with van der Waals surface area (Å²) in [7, 11) is 3.26. The summed E-state index contributed by atoms with van der Waals surface area (Å²) in [5.41, 5.74) is 2.98. The van der Waals surface area contributed by atoms with E-state index in [1.807, 2.05) is 48.5 Å². The zero-order valence-electron chi connectivity index (χ0n) is 18.9. The second kappa shape index (κ2) is 8.45. The smallest absolute Gasteiger partial charge is 0.252 e. The molecule has 0 spiro atoms. The Labute approximate surface area is 189 Å². The van der Waals surface area contributed by atoms with Crippen molar-refractivity contribution in [1.82, 2.24) is 10.3 Å². The van der Waals surface area contributed by atoms with Crippen LogP contribution in [-0.4, -0.2) is 31.2 Å². The normalized spacial score (nSPS) is 22.7. The number of benzene rings is 2.